The van der Waals surface area contributed by atoms with Crippen LogP contribution in [-0.2, 0) is 0 Å². The van der Waals surface area contributed by atoms with Gasteiger partial charge in [0.15, 0.2) is 11.5 Å². The molecule has 138 valence electrons. The Balaban J connectivity index is 1.85. The first kappa shape index (κ1) is 18.5. The van der Waals surface area contributed by atoms with E-state index in [4.69, 9.17) is 32.7 Å². The molecule has 0 aliphatic carbocycles. The third-order valence-electron chi connectivity index (χ3n) is 3.42. The Kier molecular flexibility index (Phi) is 4.58. The summed E-state index contributed by atoms with van der Waals surface area (Å²) in [5.41, 5.74) is 1.12. The van der Waals surface area contributed by atoms with Gasteiger partial charge in [0, 0.05) is 17.8 Å². The highest BCUT2D eigenvalue weighted by molar-refractivity contribution is 6.42. The quantitative estimate of drug-likeness (QED) is 0.728. The summed E-state index contributed by atoms with van der Waals surface area (Å²) >= 11 is 11.6. The lowest BCUT2D eigenvalue weighted by Gasteiger charge is -2.29. The highest BCUT2D eigenvalue weighted by Crippen LogP contribution is 2.47. The van der Waals surface area contributed by atoms with Gasteiger partial charge in [0.05, 0.1) is 10.0 Å². The number of hydrogen-bond acceptors (Lipinski definition) is 3. The Bertz CT molecular complexity index is 843. The maximum Gasteiger partial charge on any atom is 0.492 e. The van der Waals surface area contributed by atoms with Crippen LogP contribution in [0, 0.1) is 6.92 Å². The first-order valence-corrected chi connectivity index (χ1v) is 7.95. The van der Waals surface area contributed by atoms with E-state index in [1.807, 2.05) is 0 Å². The van der Waals surface area contributed by atoms with Gasteiger partial charge in [-0.15, -0.1) is 0 Å². The van der Waals surface area contributed by atoms with Crippen molar-refractivity contribution in [1.82, 2.24) is 5.32 Å². The lowest BCUT2D eigenvalue weighted by molar-refractivity contribution is -0.317. The van der Waals surface area contributed by atoms with E-state index < -0.39 is 18.1 Å². The van der Waals surface area contributed by atoms with Gasteiger partial charge in [0.25, 0.3) is 0 Å². The average Bonchev–Trinajstić information content (AvgIpc) is 2.85. The largest absolute Gasteiger partial charge is 0.492 e. The molecule has 0 fully saturated rings. The maximum absolute atomic E-state index is 13.6. The normalized spacial score (nSPS) is 14.8. The molecule has 1 heterocycles. The smallest absolute Gasteiger partial charge is 0.424 e. The molecule has 2 N–H and O–H groups in total. The van der Waals surface area contributed by atoms with Crippen LogP contribution < -0.4 is 20.1 Å². The molecule has 5 nitrogen and oxygen atoms in total. The molecule has 2 amide bonds. The molecule has 0 bridgehead atoms. The molecule has 0 aromatic heterocycles. The van der Waals surface area contributed by atoms with Crippen LogP contribution in [0.4, 0.5) is 23.7 Å². The average molecular weight is 407 g/mol. The molecule has 1 aliphatic rings. The van der Waals surface area contributed by atoms with Crippen LogP contribution >= 0.6 is 23.2 Å². The van der Waals surface area contributed by atoms with Gasteiger partial charge in [-0.2, -0.15) is 13.2 Å². The Morgan fingerprint density at radius 3 is 2.15 bits per heavy atom. The van der Waals surface area contributed by atoms with Crippen LogP contribution in [-0.4, -0.2) is 18.1 Å². The van der Waals surface area contributed by atoms with Gasteiger partial charge >= 0.3 is 18.1 Å². The van der Waals surface area contributed by atoms with Crippen molar-refractivity contribution in [3.8, 4) is 11.5 Å². The fourth-order valence-electron chi connectivity index (χ4n) is 2.27. The summed E-state index contributed by atoms with van der Waals surface area (Å²) in [4.78, 5) is 12.1. The van der Waals surface area contributed by atoms with E-state index in [1.165, 1.54) is 6.07 Å². The number of alkyl halides is 3. The van der Waals surface area contributed by atoms with Gasteiger partial charge in [-0.25, -0.2) is 4.79 Å². The molecule has 3 rings (SSSR count). The molecular formula is C16H11Cl2F3N2O3. The number of ether oxygens (including phenoxy) is 2. The second kappa shape index (κ2) is 6.44. The molecule has 0 atom stereocenters. The Morgan fingerprint density at radius 2 is 1.65 bits per heavy atom. The van der Waals surface area contributed by atoms with Crippen molar-refractivity contribution in [3.63, 3.8) is 0 Å². The third-order valence-corrected chi connectivity index (χ3v) is 4.14. The van der Waals surface area contributed by atoms with Crippen LogP contribution in [0.15, 0.2) is 36.4 Å². The molecule has 0 unspecified atom stereocenters. The van der Waals surface area contributed by atoms with Gasteiger partial charge < -0.3 is 14.8 Å². The molecular weight excluding hydrogens is 396 g/mol. The number of benzene rings is 2. The minimum Gasteiger partial charge on any atom is -0.424 e. The number of fused-ring (bicyclic) bond motifs is 1. The molecule has 0 saturated carbocycles. The summed E-state index contributed by atoms with van der Waals surface area (Å²) in [5.74, 6) is -4.00. The molecule has 1 aliphatic heterocycles. The first-order valence-electron chi connectivity index (χ1n) is 7.19. The van der Waals surface area contributed by atoms with Gasteiger partial charge in [-0.3, -0.25) is 5.32 Å². The first-order chi connectivity index (χ1) is 12.1. The number of halogens is 5. The zero-order valence-corrected chi connectivity index (χ0v) is 14.6. The van der Waals surface area contributed by atoms with Gasteiger partial charge in [-0.1, -0.05) is 35.3 Å². The van der Waals surface area contributed by atoms with E-state index in [1.54, 1.807) is 30.4 Å². The highest BCUT2D eigenvalue weighted by Gasteiger charge is 2.65. The summed E-state index contributed by atoms with van der Waals surface area (Å²) in [5, 5.41) is 3.94. The number of rotatable bonds is 2. The van der Waals surface area contributed by atoms with Crippen molar-refractivity contribution < 1.29 is 27.4 Å². The summed E-state index contributed by atoms with van der Waals surface area (Å²) < 4.78 is 50.5. The summed E-state index contributed by atoms with van der Waals surface area (Å²) in [7, 11) is 0. The zero-order chi connectivity index (χ0) is 19.1. The summed E-state index contributed by atoms with van der Waals surface area (Å²) in [6.07, 6.45) is -5.09. The second-order valence-electron chi connectivity index (χ2n) is 5.48. The SMILES string of the molecule is Cc1cccc(NC(=O)NC2(C(F)(F)F)Oc3cc(Cl)c(Cl)cc3O2)c1. The Morgan fingerprint density at radius 1 is 1.08 bits per heavy atom. The number of carbonyl (C=O) groups excluding carboxylic acids is 1. The van der Waals surface area contributed by atoms with E-state index in [0.717, 1.165) is 17.7 Å². The standard InChI is InChI=1S/C16H11Cl2F3N2O3/c1-8-3-2-4-9(5-8)22-14(24)23-16(15(19,20)21)25-12-6-10(17)11(18)7-13(12)26-16/h2-7H,1H3,(H2,22,23,24). The zero-order valence-electron chi connectivity index (χ0n) is 13.1. The van der Waals surface area contributed by atoms with Crippen molar-refractivity contribution in [2.24, 2.45) is 0 Å². The van der Waals surface area contributed by atoms with Gasteiger partial charge in [0.1, 0.15) is 0 Å². The molecule has 2 aromatic rings. The third kappa shape index (κ3) is 3.47. The van der Waals surface area contributed by atoms with Crippen LogP contribution in [0.1, 0.15) is 5.56 Å². The molecule has 2 aromatic carbocycles. The minimum atomic E-state index is -5.09. The van der Waals surface area contributed by atoms with Crippen molar-refractivity contribution in [1.29, 1.82) is 0 Å². The van der Waals surface area contributed by atoms with E-state index in [2.05, 4.69) is 5.32 Å². The van der Waals surface area contributed by atoms with Crippen molar-refractivity contribution in [2.75, 3.05) is 5.32 Å². The molecule has 0 radical (unpaired) electrons. The predicted molar refractivity (Wildman–Crippen MR) is 89.8 cm³/mol. The summed E-state index contributed by atoms with van der Waals surface area (Å²) in [6, 6.07) is 7.51. The predicted octanol–water partition coefficient (Wildman–Crippen LogP) is 5.11. The molecule has 0 saturated heterocycles. The molecule has 26 heavy (non-hydrogen) atoms. The lowest BCUT2D eigenvalue weighted by atomic mass is 10.2. The highest BCUT2D eigenvalue weighted by atomic mass is 35.5. The maximum atomic E-state index is 13.6. The van der Waals surface area contributed by atoms with Crippen molar-refractivity contribution in [3.05, 3.63) is 52.0 Å². The number of hydrogen-bond donors (Lipinski definition) is 2. The van der Waals surface area contributed by atoms with Crippen LogP contribution in [0.25, 0.3) is 0 Å². The van der Waals surface area contributed by atoms with Gasteiger partial charge in [0.2, 0.25) is 0 Å². The number of carbonyl (C=O) groups is 1. The fraction of sp³-hybridized carbons (Fsp3) is 0.188. The number of aryl methyl sites for hydroxylation is 1. The fourth-order valence-corrected chi connectivity index (χ4v) is 2.58. The van der Waals surface area contributed by atoms with Crippen LogP contribution in [0.3, 0.4) is 0 Å². The monoisotopic (exact) mass is 406 g/mol. The Labute approximate surface area is 156 Å². The van der Waals surface area contributed by atoms with E-state index in [9.17, 15) is 18.0 Å². The van der Waals surface area contributed by atoms with E-state index >= 15 is 0 Å². The Hall–Kier alpha value is -2.32. The topological polar surface area (TPSA) is 59.6 Å². The number of anilines is 1. The van der Waals surface area contributed by atoms with Crippen molar-refractivity contribution >= 4 is 34.9 Å². The minimum absolute atomic E-state index is 0.0174. The van der Waals surface area contributed by atoms with Gasteiger partial charge in [-0.05, 0) is 24.6 Å². The van der Waals surface area contributed by atoms with E-state index in [0.29, 0.717) is 5.69 Å². The van der Waals surface area contributed by atoms with Crippen molar-refractivity contribution in [2.45, 2.75) is 19.0 Å². The lowest BCUT2D eigenvalue weighted by Crippen LogP contribution is -2.65. The molecule has 0 spiro atoms. The number of urea groups is 1. The number of nitrogens with one attached hydrogen (secondary N) is 2. The molecule has 10 heteroatoms. The van der Waals surface area contributed by atoms with Crippen LogP contribution in [0.2, 0.25) is 10.0 Å². The summed E-state index contributed by atoms with van der Waals surface area (Å²) in [6.45, 7) is 1.77. The second-order valence-corrected chi connectivity index (χ2v) is 6.29. The van der Waals surface area contributed by atoms with E-state index in [-0.39, 0.29) is 21.5 Å². The number of amides is 2. The van der Waals surface area contributed by atoms with Crippen LogP contribution in [0.5, 0.6) is 11.5 Å².